The summed E-state index contributed by atoms with van der Waals surface area (Å²) in [5.74, 6) is 0.908. The third-order valence-electron chi connectivity index (χ3n) is 5.63. The molecule has 0 radical (unpaired) electrons. The predicted octanol–water partition coefficient (Wildman–Crippen LogP) is 5.25. The van der Waals surface area contributed by atoms with Gasteiger partial charge in [-0.25, -0.2) is 4.79 Å². The maximum atomic E-state index is 11.7. The molecule has 33 heavy (non-hydrogen) atoms. The zero-order valence-electron chi connectivity index (χ0n) is 19.9. The van der Waals surface area contributed by atoms with Crippen LogP contribution in [0, 0.1) is 12.8 Å². The van der Waals surface area contributed by atoms with Crippen molar-refractivity contribution in [2.45, 2.75) is 50.9 Å². The van der Waals surface area contributed by atoms with Crippen LogP contribution in [0.1, 0.15) is 52.3 Å². The van der Waals surface area contributed by atoms with Gasteiger partial charge in [-0.15, -0.1) is 11.8 Å². The van der Waals surface area contributed by atoms with Crippen LogP contribution in [-0.2, 0) is 30.0 Å². The molecule has 0 atom stereocenters. The lowest BCUT2D eigenvalue weighted by molar-refractivity contribution is 0.0600. The molecule has 0 amide bonds. The number of rotatable bonds is 9. The summed E-state index contributed by atoms with van der Waals surface area (Å²) in [5, 5.41) is 0. The second-order valence-electron chi connectivity index (χ2n) is 8.48. The van der Waals surface area contributed by atoms with Crippen LogP contribution in [0.3, 0.4) is 0 Å². The Morgan fingerprint density at radius 3 is 2.21 bits per heavy atom. The number of nitrogens with two attached hydrogens (primary N) is 2. The number of aryl methyl sites for hydroxylation is 1. The Balaban J connectivity index is 2.02. The number of methoxy groups -OCH3 is 1. The largest absolute Gasteiger partial charge is 0.465 e. The third kappa shape index (κ3) is 6.02. The van der Waals surface area contributed by atoms with E-state index in [0.29, 0.717) is 24.6 Å². The van der Waals surface area contributed by atoms with Gasteiger partial charge in [-0.05, 0) is 71.3 Å². The van der Waals surface area contributed by atoms with Gasteiger partial charge < -0.3 is 16.2 Å². The van der Waals surface area contributed by atoms with Crippen LogP contribution in [0.25, 0.3) is 11.1 Å². The van der Waals surface area contributed by atoms with E-state index in [1.54, 1.807) is 23.9 Å². The Kier molecular flexibility index (Phi) is 8.67. The van der Waals surface area contributed by atoms with Gasteiger partial charge in [0, 0.05) is 35.1 Å². The zero-order valence-corrected chi connectivity index (χ0v) is 20.7. The first-order valence-electron chi connectivity index (χ1n) is 11.2. The third-order valence-corrected chi connectivity index (χ3v) is 6.67. The molecular weight excluding hydrogens is 430 g/mol. The van der Waals surface area contributed by atoms with Crippen molar-refractivity contribution in [3.8, 4) is 11.1 Å². The molecule has 0 aliphatic heterocycles. The van der Waals surface area contributed by atoms with Crippen LogP contribution >= 0.6 is 11.8 Å². The monoisotopic (exact) mass is 463 g/mol. The highest BCUT2D eigenvalue weighted by atomic mass is 32.2. The molecule has 3 aromatic rings. The lowest BCUT2D eigenvalue weighted by Crippen LogP contribution is -2.13. The second-order valence-corrected chi connectivity index (χ2v) is 9.53. The summed E-state index contributed by atoms with van der Waals surface area (Å²) < 4.78 is 4.79. The number of pyridine rings is 1. The molecule has 0 bridgehead atoms. The summed E-state index contributed by atoms with van der Waals surface area (Å²) in [4.78, 5) is 17.8. The van der Waals surface area contributed by atoms with E-state index in [9.17, 15) is 4.79 Å². The summed E-state index contributed by atoms with van der Waals surface area (Å²) in [6.45, 7) is 7.44. The molecule has 0 aliphatic carbocycles. The van der Waals surface area contributed by atoms with E-state index in [4.69, 9.17) is 21.2 Å². The smallest absolute Gasteiger partial charge is 0.337 e. The van der Waals surface area contributed by atoms with Crippen LogP contribution in [-0.4, -0.2) is 18.1 Å². The van der Waals surface area contributed by atoms with E-state index < -0.39 is 0 Å². The topological polar surface area (TPSA) is 91.2 Å². The quantitative estimate of drug-likeness (QED) is 0.333. The fourth-order valence-electron chi connectivity index (χ4n) is 3.91. The van der Waals surface area contributed by atoms with E-state index in [-0.39, 0.29) is 5.97 Å². The molecule has 2 aromatic carbocycles. The van der Waals surface area contributed by atoms with E-state index >= 15 is 0 Å². The Morgan fingerprint density at radius 2 is 1.67 bits per heavy atom. The van der Waals surface area contributed by atoms with Crippen LogP contribution in [0.5, 0.6) is 0 Å². The summed E-state index contributed by atoms with van der Waals surface area (Å²) in [7, 11) is 1.39. The lowest BCUT2D eigenvalue weighted by atomic mass is 9.90. The number of carbonyl (C=O) groups is 1. The molecule has 0 aliphatic rings. The van der Waals surface area contributed by atoms with Gasteiger partial charge in [-0.2, -0.15) is 0 Å². The maximum Gasteiger partial charge on any atom is 0.337 e. The Labute approximate surface area is 200 Å². The molecule has 3 rings (SSSR count). The molecule has 1 heterocycles. The summed E-state index contributed by atoms with van der Waals surface area (Å²) in [6.07, 6.45) is 0.893. The first-order valence-corrected chi connectivity index (χ1v) is 12.2. The number of ether oxygens (including phenoxy) is 1. The molecule has 6 heteroatoms. The molecule has 1 aromatic heterocycles. The average Bonchev–Trinajstić information content (AvgIpc) is 2.82. The van der Waals surface area contributed by atoms with Gasteiger partial charge in [0.25, 0.3) is 0 Å². The number of nitrogens with zero attached hydrogens (tertiary/aromatic N) is 1. The summed E-state index contributed by atoms with van der Waals surface area (Å²) in [5.41, 5.74) is 20.5. The molecule has 174 valence electrons. The van der Waals surface area contributed by atoms with Gasteiger partial charge >= 0.3 is 5.97 Å². The van der Waals surface area contributed by atoms with Crippen molar-refractivity contribution in [3.63, 3.8) is 0 Å². The molecule has 0 unspecified atom stereocenters. The Morgan fingerprint density at radius 1 is 1.00 bits per heavy atom. The number of esters is 1. The number of carbonyl (C=O) groups excluding carboxylic acids is 1. The fraction of sp³-hybridized carbons (Fsp3) is 0.333. The molecule has 0 saturated carbocycles. The maximum absolute atomic E-state index is 11.7. The highest BCUT2D eigenvalue weighted by Gasteiger charge is 2.19. The summed E-state index contributed by atoms with van der Waals surface area (Å²) in [6, 6.07) is 15.9. The Bertz CT molecular complexity index is 1090. The number of benzene rings is 2. The predicted molar refractivity (Wildman–Crippen MR) is 136 cm³/mol. The van der Waals surface area contributed by atoms with Gasteiger partial charge in [0.1, 0.15) is 0 Å². The minimum atomic E-state index is -0.330. The standard InChI is InChI=1S/C27H33N3O2S/c1-17(2)13-25-23(15-29)26(20-7-5-19(14-28)6-8-20)24(18(3)30-25)16-33-22-11-9-21(10-12-22)27(31)32-4/h5-12,17H,13-16,28-29H2,1-4H3. The van der Waals surface area contributed by atoms with Crippen molar-refractivity contribution in [1.29, 1.82) is 0 Å². The normalized spacial score (nSPS) is 11.1. The van der Waals surface area contributed by atoms with Crippen molar-refractivity contribution in [2.75, 3.05) is 7.11 Å². The van der Waals surface area contributed by atoms with Crippen molar-refractivity contribution in [1.82, 2.24) is 4.98 Å². The van der Waals surface area contributed by atoms with Gasteiger partial charge in [0.2, 0.25) is 0 Å². The van der Waals surface area contributed by atoms with E-state index in [0.717, 1.165) is 45.1 Å². The van der Waals surface area contributed by atoms with Crippen molar-refractivity contribution in [3.05, 3.63) is 82.2 Å². The first kappa shape index (κ1) is 25.0. The van der Waals surface area contributed by atoms with Crippen LogP contribution < -0.4 is 11.5 Å². The highest BCUT2D eigenvalue weighted by molar-refractivity contribution is 7.98. The Hall–Kier alpha value is -2.67. The molecule has 0 fully saturated rings. The van der Waals surface area contributed by atoms with Crippen LogP contribution in [0.2, 0.25) is 0 Å². The fourth-order valence-corrected chi connectivity index (χ4v) is 4.91. The van der Waals surface area contributed by atoms with E-state index in [2.05, 4.69) is 45.0 Å². The van der Waals surface area contributed by atoms with Crippen molar-refractivity contribution in [2.24, 2.45) is 17.4 Å². The van der Waals surface area contributed by atoms with E-state index in [1.807, 2.05) is 12.1 Å². The molecular formula is C27H33N3O2S. The zero-order chi connectivity index (χ0) is 24.0. The number of aromatic nitrogens is 1. The van der Waals surface area contributed by atoms with Gasteiger partial charge in [0.15, 0.2) is 0 Å². The van der Waals surface area contributed by atoms with E-state index in [1.165, 1.54) is 18.2 Å². The van der Waals surface area contributed by atoms with Crippen LogP contribution in [0.4, 0.5) is 0 Å². The molecule has 0 saturated heterocycles. The summed E-state index contributed by atoms with van der Waals surface area (Å²) >= 11 is 1.72. The number of hydrogen-bond acceptors (Lipinski definition) is 6. The van der Waals surface area contributed by atoms with Gasteiger partial charge in [-0.1, -0.05) is 38.1 Å². The number of hydrogen-bond donors (Lipinski definition) is 2. The molecule has 5 nitrogen and oxygen atoms in total. The van der Waals surface area contributed by atoms with Crippen molar-refractivity contribution >= 4 is 17.7 Å². The van der Waals surface area contributed by atoms with Gasteiger partial charge in [-0.3, -0.25) is 4.98 Å². The first-order chi connectivity index (χ1) is 15.9. The van der Waals surface area contributed by atoms with Crippen LogP contribution in [0.15, 0.2) is 53.4 Å². The average molecular weight is 464 g/mol. The minimum Gasteiger partial charge on any atom is -0.465 e. The molecule has 0 spiro atoms. The molecule has 4 N–H and O–H groups in total. The second kappa shape index (κ2) is 11.5. The van der Waals surface area contributed by atoms with Gasteiger partial charge in [0.05, 0.1) is 12.7 Å². The number of thioether (sulfide) groups is 1. The SMILES string of the molecule is COC(=O)c1ccc(SCc2c(C)nc(CC(C)C)c(CN)c2-c2ccc(CN)cc2)cc1. The van der Waals surface area contributed by atoms with Crippen molar-refractivity contribution < 1.29 is 9.53 Å². The lowest BCUT2D eigenvalue weighted by Gasteiger charge is -2.21. The minimum absolute atomic E-state index is 0.330. The highest BCUT2D eigenvalue weighted by Crippen LogP contribution is 2.36.